The maximum absolute atomic E-state index is 13.1. The maximum Gasteiger partial charge on any atom is 0.333 e. The number of aliphatic hydroxyl groups is 1. The number of allylic oxidation sites excluding steroid dienone is 3. The first kappa shape index (κ1) is 21.9. The van der Waals surface area contributed by atoms with Crippen LogP contribution >= 0.6 is 0 Å². The summed E-state index contributed by atoms with van der Waals surface area (Å²) in [5.74, 6) is 1.37. The van der Waals surface area contributed by atoms with Crippen LogP contribution in [0.15, 0.2) is 46.6 Å². The van der Waals surface area contributed by atoms with Crippen molar-refractivity contribution in [2.24, 2.45) is 34.5 Å². The van der Waals surface area contributed by atoms with Crippen molar-refractivity contribution in [1.82, 2.24) is 0 Å². The lowest BCUT2D eigenvalue weighted by molar-refractivity contribution is -0.148. The number of carbonyl (C=O) groups excluding carboxylic acids is 2. The van der Waals surface area contributed by atoms with Gasteiger partial charge in [0, 0.05) is 17.9 Å². The fraction of sp³-hybridized carbons (Fsp3) is 0.643. The average molecular weight is 437 g/mol. The maximum atomic E-state index is 13.1. The van der Waals surface area contributed by atoms with Gasteiger partial charge in [0.2, 0.25) is 0 Å². The van der Waals surface area contributed by atoms with Gasteiger partial charge in [-0.2, -0.15) is 0 Å². The molecule has 0 spiro atoms. The van der Waals surface area contributed by atoms with Gasteiger partial charge in [-0.15, -0.1) is 0 Å². The molecule has 0 unspecified atom stereocenters. The van der Waals surface area contributed by atoms with Crippen LogP contribution in [0.3, 0.4) is 0 Å². The molecule has 1 heterocycles. The van der Waals surface area contributed by atoms with Gasteiger partial charge in [-0.3, -0.25) is 4.79 Å². The summed E-state index contributed by atoms with van der Waals surface area (Å²) in [6, 6.07) is 0. The molecule has 5 rings (SSSR count). The second-order valence-electron chi connectivity index (χ2n) is 11.3. The number of hydrogen-bond acceptors (Lipinski definition) is 4. The normalized spacial score (nSPS) is 44.2. The second kappa shape index (κ2) is 7.28. The van der Waals surface area contributed by atoms with Crippen LogP contribution in [-0.2, 0) is 14.3 Å². The van der Waals surface area contributed by atoms with Gasteiger partial charge < -0.3 is 9.84 Å². The number of ether oxygens (including phenoxy) is 1. The van der Waals surface area contributed by atoms with Crippen LogP contribution in [0, 0.1) is 34.5 Å². The molecule has 32 heavy (non-hydrogen) atoms. The molecule has 0 aromatic carbocycles. The first-order chi connectivity index (χ1) is 15.1. The number of fused-ring (bicyclic) bond motifs is 5. The molecule has 5 aliphatic rings. The molecule has 0 bridgehead atoms. The van der Waals surface area contributed by atoms with E-state index in [4.69, 9.17) is 4.74 Å². The first-order valence-electron chi connectivity index (χ1n) is 12.3. The van der Waals surface area contributed by atoms with Crippen LogP contribution in [0.5, 0.6) is 0 Å². The van der Waals surface area contributed by atoms with Crippen molar-refractivity contribution in [2.45, 2.75) is 78.9 Å². The van der Waals surface area contributed by atoms with Gasteiger partial charge in [-0.1, -0.05) is 37.1 Å². The predicted molar refractivity (Wildman–Crippen MR) is 124 cm³/mol. The van der Waals surface area contributed by atoms with E-state index in [-0.39, 0.29) is 35.1 Å². The monoisotopic (exact) mass is 436 g/mol. The van der Waals surface area contributed by atoms with Crippen molar-refractivity contribution in [3.63, 3.8) is 0 Å². The Kier molecular flexibility index (Phi) is 4.98. The van der Waals surface area contributed by atoms with E-state index < -0.39 is 11.5 Å². The molecule has 1 N–H and O–H groups in total. The highest BCUT2D eigenvalue weighted by Crippen LogP contribution is 2.65. The van der Waals surface area contributed by atoms with E-state index in [0.29, 0.717) is 11.8 Å². The molecule has 0 amide bonds. The predicted octanol–water partition coefficient (Wildman–Crippen LogP) is 5.09. The Morgan fingerprint density at radius 1 is 1.12 bits per heavy atom. The van der Waals surface area contributed by atoms with E-state index in [1.54, 1.807) is 12.2 Å². The average Bonchev–Trinajstić information content (AvgIpc) is 3.11. The fourth-order valence-corrected chi connectivity index (χ4v) is 7.91. The molecule has 1 saturated carbocycles. The van der Waals surface area contributed by atoms with Gasteiger partial charge in [-0.05, 0) is 87.3 Å². The van der Waals surface area contributed by atoms with E-state index in [1.165, 1.54) is 5.57 Å². The topological polar surface area (TPSA) is 63.6 Å². The molecule has 4 heteroatoms. The van der Waals surface area contributed by atoms with Crippen LogP contribution in [0.1, 0.15) is 66.7 Å². The van der Waals surface area contributed by atoms with Gasteiger partial charge in [0.1, 0.15) is 6.10 Å². The van der Waals surface area contributed by atoms with Crippen LogP contribution < -0.4 is 0 Å². The molecular formula is C28H36O4. The lowest BCUT2D eigenvalue weighted by atomic mass is 9.47. The van der Waals surface area contributed by atoms with Crippen LogP contribution in [0.25, 0.3) is 0 Å². The lowest BCUT2D eigenvalue weighted by Crippen LogP contribution is -2.53. The minimum atomic E-state index is -0.634. The van der Waals surface area contributed by atoms with Crippen molar-refractivity contribution < 1.29 is 19.4 Å². The molecule has 0 saturated heterocycles. The van der Waals surface area contributed by atoms with E-state index in [1.807, 2.05) is 13.8 Å². The standard InChI is InChI=1S/C28H36O4/c1-15-14-24(32-26(31)16(15)2)17(3)19-8-9-20-18-6-7-22-23(29)10-11-25(30)28(22,5)21(18)12-13-27(19,20)4/h7-8,10-11,17-18,20-21,23-24,29H,6,9,12-14H2,1-5H3/t17-,18-,20-,21-,23-,24+,27+,28+/m0/s1. The minimum Gasteiger partial charge on any atom is -0.458 e. The first-order valence-corrected chi connectivity index (χ1v) is 12.3. The Balaban J connectivity index is 1.42. The zero-order chi connectivity index (χ0) is 23.0. The molecule has 0 aromatic heterocycles. The Hall–Kier alpha value is -1.94. The molecule has 8 atom stereocenters. The summed E-state index contributed by atoms with van der Waals surface area (Å²) in [4.78, 5) is 25.4. The number of cyclic esters (lactones) is 1. The summed E-state index contributed by atoms with van der Waals surface area (Å²) in [5.41, 5.74) is 3.75. The zero-order valence-electron chi connectivity index (χ0n) is 20.0. The van der Waals surface area contributed by atoms with Crippen LogP contribution in [-0.4, -0.2) is 29.1 Å². The molecule has 1 aliphatic heterocycles. The third kappa shape index (κ3) is 2.84. The van der Waals surface area contributed by atoms with Gasteiger partial charge >= 0.3 is 5.97 Å². The quantitative estimate of drug-likeness (QED) is 0.484. The number of rotatable bonds is 2. The third-order valence-electron chi connectivity index (χ3n) is 10.0. The Morgan fingerprint density at radius 3 is 2.59 bits per heavy atom. The van der Waals surface area contributed by atoms with Crippen molar-refractivity contribution in [1.29, 1.82) is 0 Å². The van der Waals surface area contributed by atoms with Crippen molar-refractivity contribution in [2.75, 3.05) is 0 Å². The Bertz CT molecular complexity index is 997. The minimum absolute atomic E-state index is 0.0744. The molecule has 4 aliphatic carbocycles. The second-order valence-corrected chi connectivity index (χ2v) is 11.3. The number of hydrogen-bond donors (Lipinski definition) is 1. The van der Waals surface area contributed by atoms with E-state index in [0.717, 1.165) is 48.8 Å². The zero-order valence-corrected chi connectivity index (χ0v) is 20.0. The third-order valence-corrected chi connectivity index (χ3v) is 10.0. The number of esters is 1. The molecule has 172 valence electrons. The SMILES string of the molecule is CC1=C(C)C(=O)O[C@@H]([C@@H](C)C2=CC[C@H]3[C@@H]4CC=C5[C@@H](O)C=CC(=O)[C@]5(C)[C@H]4CC[C@]23C)C1. The Labute approximate surface area is 191 Å². The molecule has 0 aromatic rings. The summed E-state index contributed by atoms with van der Waals surface area (Å²) >= 11 is 0. The largest absolute Gasteiger partial charge is 0.458 e. The number of ketones is 1. The van der Waals surface area contributed by atoms with Gasteiger partial charge in [-0.25, -0.2) is 4.79 Å². The lowest BCUT2D eigenvalue weighted by Gasteiger charge is -2.56. The highest BCUT2D eigenvalue weighted by atomic mass is 16.5. The summed E-state index contributed by atoms with van der Waals surface area (Å²) in [5, 5.41) is 10.6. The van der Waals surface area contributed by atoms with Gasteiger partial charge in [0.05, 0.1) is 11.5 Å². The van der Waals surface area contributed by atoms with Crippen molar-refractivity contribution in [3.8, 4) is 0 Å². The van der Waals surface area contributed by atoms with E-state index in [9.17, 15) is 14.7 Å². The summed E-state index contributed by atoms with van der Waals surface area (Å²) in [6.07, 6.45) is 11.9. The smallest absolute Gasteiger partial charge is 0.333 e. The highest BCUT2D eigenvalue weighted by Gasteiger charge is 2.59. The molecule has 0 radical (unpaired) electrons. The summed E-state index contributed by atoms with van der Waals surface area (Å²) in [6.45, 7) is 10.6. The molecular weight excluding hydrogens is 400 g/mol. The van der Waals surface area contributed by atoms with Crippen LogP contribution in [0.4, 0.5) is 0 Å². The highest BCUT2D eigenvalue weighted by molar-refractivity contribution is 5.99. The molecule has 1 fully saturated rings. The van der Waals surface area contributed by atoms with E-state index >= 15 is 0 Å². The van der Waals surface area contributed by atoms with Crippen molar-refractivity contribution in [3.05, 3.63) is 46.6 Å². The number of carbonyl (C=O) groups is 2. The summed E-state index contributed by atoms with van der Waals surface area (Å²) in [7, 11) is 0. The summed E-state index contributed by atoms with van der Waals surface area (Å²) < 4.78 is 5.86. The van der Waals surface area contributed by atoms with Crippen molar-refractivity contribution >= 4 is 11.8 Å². The molecule has 4 nitrogen and oxygen atoms in total. The fourth-order valence-electron chi connectivity index (χ4n) is 7.91. The van der Waals surface area contributed by atoms with E-state index in [2.05, 4.69) is 32.9 Å². The number of aliphatic hydroxyl groups excluding tert-OH is 1. The Morgan fingerprint density at radius 2 is 1.88 bits per heavy atom. The van der Waals surface area contributed by atoms with Gasteiger partial charge in [0.25, 0.3) is 0 Å². The van der Waals surface area contributed by atoms with Crippen LogP contribution in [0.2, 0.25) is 0 Å². The van der Waals surface area contributed by atoms with Gasteiger partial charge in [0.15, 0.2) is 5.78 Å².